The fourth-order valence-electron chi connectivity index (χ4n) is 3.66. The molecule has 0 unspecified atom stereocenters. The summed E-state index contributed by atoms with van der Waals surface area (Å²) in [6.45, 7) is 6.20. The Morgan fingerprint density at radius 2 is 1.88 bits per heavy atom. The quantitative estimate of drug-likeness (QED) is 0.500. The van der Waals surface area contributed by atoms with Gasteiger partial charge in [0.25, 0.3) is 5.56 Å². The molecule has 0 fully saturated rings. The Kier molecular flexibility index (Phi) is 5.85. The molecule has 0 atom stereocenters. The van der Waals surface area contributed by atoms with Crippen LogP contribution in [-0.2, 0) is 17.8 Å². The van der Waals surface area contributed by atoms with E-state index in [2.05, 4.69) is 15.4 Å². The topological polar surface area (TPSA) is 81.8 Å². The average molecular weight is 433 g/mol. The Labute approximate surface area is 184 Å². The van der Waals surface area contributed by atoms with Crippen molar-refractivity contribution >= 4 is 22.8 Å². The van der Waals surface area contributed by atoms with Crippen LogP contribution in [0.5, 0.6) is 0 Å². The molecule has 0 aliphatic heterocycles. The van der Waals surface area contributed by atoms with Gasteiger partial charge in [0.1, 0.15) is 17.0 Å². The fourth-order valence-corrected chi connectivity index (χ4v) is 3.66. The number of rotatable bonds is 6. The number of aryl methyl sites for hydroxylation is 4. The second-order valence-electron chi connectivity index (χ2n) is 7.67. The van der Waals surface area contributed by atoms with E-state index in [0.29, 0.717) is 34.8 Å². The van der Waals surface area contributed by atoms with Crippen molar-refractivity contribution in [1.29, 1.82) is 0 Å². The minimum Gasteiger partial charge on any atom is -0.326 e. The van der Waals surface area contributed by atoms with Gasteiger partial charge in [-0.25, -0.2) is 14.1 Å². The zero-order valence-electron chi connectivity index (χ0n) is 18.2. The Bertz CT molecular complexity index is 1360. The van der Waals surface area contributed by atoms with E-state index in [-0.39, 0.29) is 24.3 Å². The van der Waals surface area contributed by atoms with Gasteiger partial charge >= 0.3 is 0 Å². The summed E-state index contributed by atoms with van der Waals surface area (Å²) in [5.74, 6) is -0.742. The van der Waals surface area contributed by atoms with Crippen molar-refractivity contribution in [3.63, 3.8) is 0 Å². The highest BCUT2D eigenvalue weighted by molar-refractivity contribution is 5.90. The third kappa shape index (κ3) is 4.16. The fraction of sp³-hybridized carbons (Fsp3) is 0.250. The maximum Gasteiger partial charge on any atom is 0.273 e. The van der Waals surface area contributed by atoms with Gasteiger partial charge in [-0.2, -0.15) is 5.10 Å². The molecule has 0 aliphatic rings. The number of nitrogens with zero attached hydrogens (tertiary/aromatic N) is 4. The highest BCUT2D eigenvalue weighted by Crippen LogP contribution is 2.20. The zero-order valence-corrected chi connectivity index (χ0v) is 18.2. The van der Waals surface area contributed by atoms with E-state index < -0.39 is 5.82 Å². The number of hydrogen-bond acceptors (Lipinski definition) is 4. The zero-order chi connectivity index (χ0) is 22.8. The van der Waals surface area contributed by atoms with Gasteiger partial charge in [0.05, 0.1) is 11.4 Å². The molecule has 1 N–H and O–H groups in total. The lowest BCUT2D eigenvalue weighted by Crippen LogP contribution is -2.27. The number of amides is 1. The van der Waals surface area contributed by atoms with Crippen molar-refractivity contribution in [2.75, 3.05) is 5.32 Å². The van der Waals surface area contributed by atoms with Crippen LogP contribution in [0.4, 0.5) is 10.1 Å². The molecule has 4 aromatic rings. The van der Waals surface area contributed by atoms with Crippen LogP contribution >= 0.6 is 0 Å². The van der Waals surface area contributed by atoms with Crippen molar-refractivity contribution in [2.45, 2.75) is 40.2 Å². The lowest BCUT2D eigenvalue weighted by molar-refractivity contribution is -0.116. The van der Waals surface area contributed by atoms with Gasteiger partial charge < -0.3 is 5.32 Å². The molecule has 0 radical (unpaired) electrons. The third-order valence-corrected chi connectivity index (χ3v) is 5.29. The van der Waals surface area contributed by atoms with Crippen molar-refractivity contribution in [3.8, 4) is 5.69 Å². The molecule has 8 heteroatoms. The van der Waals surface area contributed by atoms with Crippen LogP contribution in [0.2, 0.25) is 0 Å². The molecule has 0 saturated carbocycles. The number of benzene rings is 2. The normalized spacial score (nSPS) is 11.1. The number of fused-ring (bicyclic) bond motifs is 1. The summed E-state index contributed by atoms with van der Waals surface area (Å²) in [7, 11) is 0. The summed E-state index contributed by atoms with van der Waals surface area (Å²) in [5, 5.41) is 7.27. The smallest absolute Gasteiger partial charge is 0.273 e. The second kappa shape index (κ2) is 8.74. The third-order valence-electron chi connectivity index (χ3n) is 5.29. The van der Waals surface area contributed by atoms with Crippen molar-refractivity contribution in [2.24, 2.45) is 0 Å². The number of carbonyl (C=O) groups excluding carboxylic acids is 1. The molecule has 0 spiro atoms. The highest BCUT2D eigenvalue weighted by Gasteiger charge is 2.19. The lowest BCUT2D eigenvalue weighted by Gasteiger charge is -2.11. The predicted octanol–water partition coefficient (Wildman–Crippen LogP) is 3.93. The summed E-state index contributed by atoms with van der Waals surface area (Å²) in [4.78, 5) is 30.1. The van der Waals surface area contributed by atoms with E-state index in [1.165, 1.54) is 18.2 Å². The largest absolute Gasteiger partial charge is 0.326 e. The molecule has 7 nitrogen and oxygen atoms in total. The summed E-state index contributed by atoms with van der Waals surface area (Å²) in [5.41, 5.74) is 4.38. The highest BCUT2D eigenvalue weighted by atomic mass is 19.1. The number of hydrogen-bond donors (Lipinski definition) is 1. The van der Waals surface area contributed by atoms with Crippen LogP contribution in [0, 0.1) is 19.7 Å². The van der Waals surface area contributed by atoms with Crippen LogP contribution in [0.15, 0.2) is 53.3 Å². The molecule has 2 aromatic carbocycles. The maximum atomic E-state index is 13.3. The molecule has 4 rings (SSSR count). The van der Waals surface area contributed by atoms with E-state index in [1.54, 1.807) is 15.3 Å². The van der Waals surface area contributed by atoms with Gasteiger partial charge in [-0.05, 0) is 51.1 Å². The molecule has 2 heterocycles. The first-order valence-corrected chi connectivity index (χ1v) is 10.5. The van der Waals surface area contributed by atoms with Crippen LogP contribution in [0.1, 0.15) is 30.3 Å². The SMILES string of the molecule is CCn1c(=O)c(CCC(=O)Nc2cccc(F)c2)nc2c(C)nn(-c3ccc(C)cc3)c21. The van der Waals surface area contributed by atoms with Crippen LogP contribution in [-0.4, -0.2) is 25.2 Å². The number of anilines is 1. The summed E-state index contributed by atoms with van der Waals surface area (Å²) >= 11 is 0. The molecule has 2 aromatic heterocycles. The van der Waals surface area contributed by atoms with E-state index in [0.717, 1.165) is 11.3 Å². The van der Waals surface area contributed by atoms with E-state index in [4.69, 9.17) is 0 Å². The first-order valence-electron chi connectivity index (χ1n) is 10.5. The van der Waals surface area contributed by atoms with Crippen LogP contribution in [0.3, 0.4) is 0 Å². The van der Waals surface area contributed by atoms with Crippen molar-refractivity contribution in [1.82, 2.24) is 19.3 Å². The van der Waals surface area contributed by atoms with Crippen molar-refractivity contribution < 1.29 is 9.18 Å². The van der Waals surface area contributed by atoms with E-state index >= 15 is 0 Å². The summed E-state index contributed by atoms with van der Waals surface area (Å²) in [6, 6.07) is 13.6. The minimum absolute atomic E-state index is 0.0547. The minimum atomic E-state index is -0.429. The first-order chi connectivity index (χ1) is 15.4. The van der Waals surface area contributed by atoms with Gasteiger partial charge in [0, 0.05) is 25.1 Å². The maximum absolute atomic E-state index is 13.3. The lowest BCUT2D eigenvalue weighted by atomic mass is 10.2. The monoisotopic (exact) mass is 433 g/mol. The average Bonchev–Trinajstić information content (AvgIpc) is 3.09. The molecule has 1 amide bonds. The number of halogens is 1. The molecule has 164 valence electrons. The van der Waals surface area contributed by atoms with Gasteiger partial charge in [-0.15, -0.1) is 0 Å². The van der Waals surface area contributed by atoms with Crippen LogP contribution < -0.4 is 10.9 Å². The first kappa shape index (κ1) is 21.4. The molecule has 0 bridgehead atoms. The molecule has 0 saturated heterocycles. The molecule has 0 aliphatic carbocycles. The number of aromatic nitrogens is 4. The van der Waals surface area contributed by atoms with Crippen molar-refractivity contribution in [3.05, 3.63) is 81.7 Å². The predicted molar refractivity (Wildman–Crippen MR) is 122 cm³/mol. The second-order valence-corrected chi connectivity index (χ2v) is 7.67. The van der Waals surface area contributed by atoms with Gasteiger partial charge in [0.15, 0.2) is 5.65 Å². The Morgan fingerprint density at radius 1 is 1.12 bits per heavy atom. The Balaban J connectivity index is 1.65. The van der Waals surface area contributed by atoms with Gasteiger partial charge in [-0.1, -0.05) is 23.8 Å². The standard InChI is InChI=1S/C24H24FN5O2/c1-4-29-23-22(16(3)28-30(23)19-10-8-15(2)9-11-19)27-20(24(29)32)12-13-21(31)26-18-7-5-6-17(25)14-18/h5-11,14H,4,12-13H2,1-3H3,(H,26,31). The summed E-state index contributed by atoms with van der Waals surface area (Å²) < 4.78 is 16.7. The molecular weight excluding hydrogens is 409 g/mol. The van der Waals surface area contributed by atoms with Gasteiger partial charge in [-0.3, -0.25) is 14.2 Å². The number of carbonyl (C=O) groups is 1. The summed E-state index contributed by atoms with van der Waals surface area (Å²) in [6.07, 6.45) is 0.226. The molecular formula is C24H24FN5O2. The van der Waals surface area contributed by atoms with Gasteiger partial charge in [0.2, 0.25) is 5.91 Å². The number of nitrogens with one attached hydrogen (secondary N) is 1. The van der Waals surface area contributed by atoms with Crippen LogP contribution in [0.25, 0.3) is 16.9 Å². The van der Waals surface area contributed by atoms with E-state index in [1.807, 2.05) is 45.0 Å². The Hall–Kier alpha value is -3.81. The molecule has 32 heavy (non-hydrogen) atoms. The Morgan fingerprint density at radius 3 is 2.56 bits per heavy atom. The van der Waals surface area contributed by atoms with E-state index in [9.17, 15) is 14.0 Å².